The Hall–Kier alpha value is -3.89. The molecule has 4 N–H and O–H groups in total. The van der Waals surface area contributed by atoms with Crippen molar-refractivity contribution < 1.29 is 81.1 Å². The summed E-state index contributed by atoms with van der Waals surface area (Å²) in [4.78, 5) is 124. The largest absolute Gasteiger partial charge is 0.465 e. The quantitative estimate of drug-likeness (QED) is 0.0765. The molecular weight excluding hydrogens is 1080 g/mol. The average Bonchev–Trinajstić information content (AvgIpc) is 3.07. The SMILES string of the molecule is CC(=O)OCC(COC(C)=O)C(=O)NC(=O)C(OC(=O)C(COC(C)=O)COC(C)=O)c1c(I)c(N)c(I)c(NC(=O)C(COC(C)=O)COC(C)=O)c1I. The highest BCUT2D eigenvalue weighted by Crippen LogP contribution is 2.41. The number of nitrogens with two attached hydrogens (primary N) is 1. The van der Waals surface area contributed by atoms with Gasteiger partial charge in [0.15, 0.2) is 0 Å². The van der Waals surface area contributed by atoms with E-state index in [2.05, 4.69) is 10.6 Å². The summed E-state index contributed by atoms with van der Waals surface area (Å²) in [6, 6.07) is 0. The summed E-state index contributed by atoms with van der Waals surface area (Å²) in [5, 5.41) is 4.66. The molecule has 0 aliphatic rings. The fraction of sp³-hybridized carbons (Fsp3) is 0.500. The predicted octanol–water partition coefficient (Wildman–Crippen LogP) is 1.48. The number of carbonyl (C=O) groups is 10. The van der Waals surface area contributed by atoms with Gasteiger partial charge in [-0.2, -0.15) is 0 Å². The van der Waals surface area contributed by atoms with Crippen LogP contribution in [-0.4, -0.2) is 99.1 Å². The number of esters is 7. The Kier molecular flexibility index (Phi) is 21.3. The Balaban J connectivity index is 3.88. The highest BCUT2D eigenvalue weighted by atomic mass is 127. The standard InChI is InChI=1S/C32H38I3N3O17/c1-13(39)49-7-19(8-50-14(2)40)29(45)37-27-24(34)22(23(33)26(36)25(27)35)28(55-32(48)21(11-53-17(5)43)12-54-18(6)44)31(47)38-30(46)20(9-51-15(3)41)10-52-16(4)42/h19-21,28H,7-12,36H2,1-6H3,(H,37,45)(H,38,46,47). The zero-order valence-electron chi connectivity index (χ0n) is 30.2. The molecule has 3 amide bonds. The van der Waals surface area contributed by atoms with Gasteiger partial charge in [-0.05, 0) is 67.8 Å². The molecular formula is C32H38I3N3O17. The summed E-state index contributed by atoms with van der Waals surface area (Å²) < 4.78 is 35.6. The molecule has 1 aromatic carbocycles. The highest BCUT2D eigenvalue weighted by Gasteiger charge is 2.38. The lowest BCUT2D eigenvalue weighted by Crippen LogP contribution is -2.44. The molecule has 0 saturated carbocycles. The second kappa shape index (κ2) is 23.9. The molecule has 1 unspecified atom stereocenters. The van der Waals surface area contributed by atoms with Gasteiger partial charge in [0.05, 0.1) is 14.9 Å². The number of hydrogen-bond donors (Lipinski definition) is 3. The number of anilines is 2. The monoisotopic (exact) mass is 1120 g/mol. The minimum Gasteiger partial charge on any atom is -0.465 e. The lowest BCUT2D eigenvalue weighted by molar-refractivity contribution is -0.168. The molecule has 304 valence electrons. The minimum atomic E-state index is -2.08. The van der Waals surface area contributed by atoms with Gasteiger partial charge >= 0.3 is 41.8 Å². The fourth-order valence-corrected chi connectivity index (χ4v) is 7.91. The molecule has 55 heavy (non-hydrogen) atoms. The molecule has 0 bridgehead atoms. The molecule has 0 aliphatic heterocycles. The van der Waals surface area contributed by atoms with Crippen LogP contribution in [0.25, 0.3) is 0 Å². The van der Waals surface area contributed by atoms with E-state index >= 15 is 0 Å². The molecule has 0 aliphatic carbocycles. The number of halogens is 3. The molecule has 20 nitrogen and oxygen atoms in total. The van der Waals surface area contributed by atoms with E-state index in [1.165, 1.54) is 0 Å². The predicted molar refractivity (Wildman–Crippen MR) is 210 cm³/mol. The van der Waals surface area contributed by atoms with E-state index in [1.807, 2.05) is 0 Å². The van der Waals surface area contributed by atoms with E-state index in [-0.39, 0.29) is 27.6 Å². The number of rotatable bonds is 19. The molecule has 0 spiro atoms. The van der Waals surface area contributed by atoms with Crippen LogP contribution in [0.15, 0.2) is 0 Å². The van der Waals surface area contributed by atoms with Gasteiger partial charge in [-0.25, -0.2) is 0 Å². The lowest BCUT2D eigenvalue weighted by atomic mass is 10.0. The van der Waals surface area contributed by atoms with Crippen LogP contribution < -0.4 is 16.4 Å². The maximum Gasteiger partial charge on any atom is 0.317 e. The second-order valence-electron chi connectivity index (χ2n) is 11.2. The van der Waals surface area contributed by atoms with Gasteiger partial charge in [0.2, 0.25) is 17.9 Å². The first-order chi connectivity index (χ1) is 25.6. The molecule has 0 heterocycles. The molecule has 1 rings (SSSR count). The number of amides is 3. The molecule has 23 heteroatoms. The molecule has 1 aromatic rings. The first-order valence-corrected chi connectivity index (χ1v) is 18.9. The van der Waals surface area contributed by atoms with Crippen molar-refractivity contribution in [2.45, 2.75) is 47.6 Å². The second-order valence-corrected chi connectivity index (χ2v) is 14.4. The van der Waals surface area contributed by atoms with E-state index in [1.54, 1.807) is 67.8 Å². The van der Waals surface area contributed by atoms with E-state index < -0.39 is 123 Å². The van der Waals surface area contributed by atoms with Crippen molar-refractivity contribution in [2.75, 3.05) is 50.7 Å². The Labute approximate surface area is 355 Å². The zero-order valence-corrected chi connectivity index (χ0v) is 36.7. The van der Waals surface area contributed by atoms with Crippen molar-refractivity contribution in [2.24, 2.45) is 17.8 Å². The summed E-state index contributed by atoms with van der Waals surface area (Å²) in [6.45, 7) is 2.88. The number of imide groups is 1. The highest BCUT2D eigenvalue weighted by molar-refractivity contribution is 14.1. The van der Waals surface area contributed by atoms with Crippen molar-refractivity contribution in [3.8, 4) is 0 Å². The van der Waals surface area contributed by atoms with Gasteiger partial charge in [-0.3, -0.25) is 53.3 Å². The van der Waals surface area contributed by atoms with Gasteiger partial charge in [0, 0.05) is 54.2 Å². The fourth-order valence-electron chi connectivity index (χ4n) is 3.90. The third-order valence-electron chi connectivity index (χ3n) is 6.62. The molecule has 0 fully saturated rings. The lowest BCUT2D eigenvalue weighted by Gasteiger charge is -2.26. The van der Waals surface area contributed by atoms with Gasteiger partial charge in [0.1, 0.15) is 57.4 Å². The van der Waals surface area contributed by atoms with Crippen LogP contribution in [-0.2, 0) is 81.1 Å². The zero-order chi connectivity index (χ0) is 42.2. The van der Waals surface area contributed by atoms with Crippen molar-refractivity contribution >= 4 is 139 Å². The molecule has 0 radical (unpaired) electrons. The Morgan fingerprint density at radius 3 is 1.22 bits per heavy atom. The minimum absolute atomic E-state index is 0.0334. The number of benzene rings is 1. The number of ether oxygens (including phenoxy) is 7. The summed E-state index contributed by atoms with van der Waals surface area (Å²) in [5.74, 6) is -13.3. The van der Waals surface area contributed by atoms with Crippen LogP contribution in [0.3, 0.4) is 0 Å². The smallest absolute Gasteiger partial charge is 0.317 e. The summed E-state index contributed by atoms with van der Waals surface area (Å²) in [5.41, 5.74) is 6.18. The van der Waals surface area contributed by atoms with Crippen LogP contribution in [0.4, 0.5) is 11.4 Å². The maximum atomic E-state index is 14.0. The molecule has 1 atom stereocenters. The van der Waals surface area contributed by atoms with Crippen LogP contribution in [0.1, 0.15) is 53.2 Å². The number of hydrogen-bond acceptors (Lipinski definition) is 18. The van der Waals surface area contributed by atoms with Crippen molar-refractivity contribution in [3.63, 3.8) is 0 Å². The molecule has 0 aromatic heterocycles. The van der Waals surface area contributed by atoms with E-state index in [9.17, 15) is 47.9 Å². The van der Waals surface area contributed by atoms with Crippen molar-refractivity contribution in [1.29, 1.82) is 0 Å². The van der Waals surface area contributed by atoms with Crippen LogP contribution in [0, 0.1) is 28.5 Å². The molecule has 0 saturated heterocycles. The number of nitrogen functional groups attached to an aromatic ring is 1. The number of nitrogens with one attached hydrogen (secondary N) is 2. The van der Waals surface area contributed by atoms with Gasteiger partial charge in [-0.1, -0.05) is 0 Å². The van der Waals surface area contributed by atoms with Gasteiger partial charge < -0.3 is 44.2 Å². The summed E-state index contributed by atoms with van der Waals surface area (Å²) in [7, 11) is 0. The summed E-state index contributed by atoms with van der Waals surface area (Å²) in [6.07, 6.45) is -2.08. The topological polar surface area (TPSA) is 285 Å². The van der Waals surface area contributed by atoms with Crippen LogP contribution in [0.5, 0.6) is 0 Å². The van der Waals surface area contributed by atoms with E-state index in [4.69, 9.17) is 38.9 Å². The van der Waals surface area contributed by atoms with E-state index in [0.717, 1.165) is 41.5 Å². The van der Waals surface area contributed by atoms with Crippen molar-refractivity contribution in [1.82, 2.24) is 5.32 Å². The number of carbonyl (C=O) groups excluding carboxylic acids is 10. The Morgan fingerprint density at radius 2 is 0.855 bits per heavy atom. The average molecular weight is 1120 g/mol. The maximum absolute atomic E-state index is 14.0. The first kappa shape index (κ1) is 49.1. The van der Waals surface area contributed by atoms with Crippen LogP contribution >= 0.6 is 67.8 Å². The Morgan fingerprint density at radius 1 is 0.509 bits per heavy atom. The Bertz CT molecular complexity index is 1630. The van der Waals surface area contributed by atoms with Crippen molar-refractivity contribution in [3.05, 3.63) is 16.3 Å². The first-order valence-electron chi connectivity index (χ1n) is 15.7. The third-order valence-corrected chi connectivity index (χ3v) is 10.0. The normalized spacial score (nSPS) is 11.2. The summed E-state index contributed by atoms with van der Waals surface area (Å²) >= 11 is 5.26. The third kappa shape index (κ3) is 17.2. The van der Waals surface area contributed by atoms with Crippen LogP contribution in [0.2, 0.25) is 0 Å². The van der Waals surface area contributed by atoms with Gasteiger partial charge in [0.25, 0.3) is 5.91 Å². The van der Waals surface area contributed by atoms with Gasteiger partial charge in [-0.15, -0.1) is 0 Å². The van der Waals surface area contributed by atoms with E-state index in [0.29, 0.717) is 0 Å².